The molecule has 1 heterocycles. The van der Waals surface area contributed by atoms with E-state index in [1.807, 2.05) is 6.07 Å². The molecule has 0 saturated carbocycles. The monoisotopic (exact) mass is 113 g/mol. The molecule has 0 N–H and O–H groups in total. The summed E-state index contributed by atoms with van der Waals surface area (Å²) in [4.78, 5) is 3.85. The van der Waals surface area contributed by atoms with E-state index in [0.29, 0.717) is 11.9 Å². The molecule has 0 spiro atoms. The molecule has 3 heteroatoms. The standard InChI is InChI=1S/C6H5B2N/c7-3-5-1-2-6(8)9-4-5/h1-2,4H,3H2. The van der Waals surface area contributed by atoms with Crippen molar-refractivity contribution in [1.82, 2.24) is 4.98 Å². The van der Waals surface area contributed by atoms with Crippen LogP contribution < -0.4 is 5.59 Å². The number of hydrogen-bond donors (Lipinski definition) is 0. The summed E-state index contributed by atoms with van der Waals surface area (Å²) < 4.78 is 0. The maximum atomic E-state index is 5.33. The predicted molar refractivity (Wildman–Crippen MR) is 39.1 cm³/mol. The summed E-state index contributed by atoms with van der Waals surface area (Å²) in [7, 11) is 10.6. The Balaban J connectivity index is 2.88. The van der Waals surface area contributed by atoms with Gasteiger partial charge in [-0.2, -0.15) is 0 Å². The first kappa shape index (κ1) is 6.40. The second kappa shape index (κ2) is 2.72. The van der Waals surface area contributed by atoms with Crippen molar-refractivity contribution in [3.63, 3.8) is 0 Å². The van der Waals surface area contributed by atoms with Gasteiger partial charge in [-0.1, -0.05) is 18.5 Å². The van der Waals surface area contributed by atoms with Crippen molar-refractivity contribution in [1.29, 1.82) is 0 Å². The van der Waals surface area contributed by atoms with Gasteiger partial charge < -0.3 is 0 Å². The highest BCUT2D eigenvalue weighted by atomic mass is 14.6. The molecular formula is C6H5B2N. The quantitative estimate of drug-likeness (QED) is 0.449. The number of rotatable bonds is 1. The van der Waals surface area contributed by atoms with Crippen LogP contribution in [-0.4, -0.2) is 20.7 Å². The van der Waals surface area contributed by atoms with Gasteiger partial charge in [-0.15, -0.1) is 0 Å². The average Bonchev–Trinajstić information content (AvgIpc) is 1.90. The van der Waals surface area contributed by atoms with E-state index in [1.54, 1.807) is 12.3 Å². The zero-order valence-electron chi connectivity index (χ0n) is 5.04. The van der Waals surface area contributed by atoms with E-state index in [1.165, 1.54) is 0 Å². The van der Waals surface area contributed by atoms with E-state index in [2.05, 4.69) is 4.98 Å². The molecule has 0 unspecified atom stereocenters. The minimum Gasteiger partial charge on any atom is -0.273 e. The zero-order chi connectivity index (χ0) is 6.69. The summed E-state index contributed by atoms with van der Waals surface area (Å²) in [6.07, 6.45) is 2.20. The van der Waals surface area contributed by atoms with Crippen molar-refractivity contribution in [3.05, 3.63) is 23.9 Å². The first-order valence-corrected chi connectivity index (χ1v) is 2.73. The fraction of sp³-hybridized carbons (Fsp3) is 0.167. The summed E-state index contributed by atoms with van der Waals surface area (Å²) >= 11 is 0. The molecule has 1 rings (SSSR count). The van der Waals surface area contributed by atoms with E-state index in [4.69, 9.17) is 15.7 Å². The van der Waals surface area contributed by atoms with Crippen LogP contribution in [0.2, 0.25) is 0 Å². The van der Waals surface area contributed by atoms with Gasteiger partial charge in [0.25, 0.3) is 0 Å². The fourth-order valence-corrected chi connectivity index (χ4v) is 0.557. The molecule has 0 fully saturated rings. The average molecular weight is 113 g/mol. The third-order valence-corrected chi connectivity index (χ3v) is 1.08. The third-order valence-electron chi connectivity index (χ3n) is 1.08. The first-order valence-electron chi connectivity index (χ1n) is 2.73. The summed E-state index contributed by atoms with van der Waals surface area (Å²) in [6.45, 7) is 0. The number of pyridine rings is 1. The highest BCUT2D eigenvalue weighted by Crippen LogP contribution is 1.90. The van der Waals surface area contributed by atoms with Crippen LogP contribution in [0.1, 0.15) is 5.56 Å². The van der Waals surface area contributed by atoms with Gasteiger partial charge >= 0.3 is 0 Å². The number of hydrogen-bond acceptors (Lipinski definition) is 1. The van der Waals surface area contributed by atoms with Crippen LogP contribution in [0.15, 0.2) is 18.3 Å². The fourth-order valence-electron chi connectivity index (χ4n) is 0.557. The molecular weight excluding hydrogens is 108 g/mol. The molecule has 0 aliphatic carbocycles. The molecule has 1 nitrogen and oxygen atoms in total. The lowest BCUT2D eigenvalue weighted by Gasteiger charge is -1.94. The van der Waals surface area contributed by atoms with Crippen LogP contribution in [-0.2, 0) is 6.32 Å². The van der Waals surface area contributed by atoms with E-state index in [0.717, 1.165) is 5.56 Å². The van der Waals surface area contributed by atoms with Crippen LogP contribution in [0.4, 0.5) is 0 Å². The molecule has 9 heavy (non-hydrogen) atoms. The summed E-state index contributed by atoms with van der Waals surface area (Å²) in [5.41, 5.74) is 1.54. The van der Waals surface area contributed by atoms with Gasteiger partial charge in [-0.25, -0.2) is 0 Å². The van der Waals surface area contributed by atoms with Gasteiger partial charge in [-0.05, 0) is 11.2 Å². The molecule has 40 valence electrons. The van der Waals surface area contributed by atoms with Gasteiger partial charge in [0.15, 0.2) is 0 Å². The Kier molecular flexibility index (Phi) is 1.93. The molecule has 0 atom stereocenters. The Bertz CT molecular complexity index is 183. The minimum atomic E-state index is 0.521. The second-order valence-corrected chi connectivity index (χ2v) is 1.80. The zero-order valence-corrected chi connectivity index (χ0v) is 5.04. The Morgan fingerprint density at radius 1 is 1.44 bits per heavy atom. The summed E-state index contributed by atoms with van der Waals surface area (Å²) in [6, 6.07) is 3.60. The number of nitrogens with zero attached hydrogens (tertiary/aromatic N) is 1. The van der Waals surface area contributed by atoms with Gasteiger partial charge in [0.1, 0.15) is 7.85 Å². The molecule has 1 aromatic heterocycles. The molecule has 4 radical (unpaired) electrons. The SMILES string of the molecule is [B]Cc1ccc([B])nc1. The van der Waals surface area contributed by atoms with Gasteiger partial charge in [0.05, 0.1) is 7.85 Å². The van der Waals surface area contributed by atoms with Crippen molar-refractivity contribution in [2.24, 2.45) is 0 Å². The van der Waals surface area contributed by atoms with Crippen LogP contribution in [0.5, 0.6) is 0 Å². The maximum Gasteiger partial charge on any atom is 0.141 e. The van der Waals surface area contributed by atoms with Crippen molar-refractivity contribution in [2.45, 2.75) is 6.32 Å². The normalized spacial score (nSPS) is 9.33. The molecule has 0 aromatic carbocycles. The molecule has 0 aliphatic heterocycles. The smallest absolute Gasteiger partial charge is 0.141 e. The van der Waals surface area contributed by atoms with Gasteiger partial charge in [0, 0.05) is 6.20 Å². The van der Waals surface area contributed by atoms with Crippen LogP contribution in [0.3, 0.4) is 0 Å². The van der Waals surface area contributed by atoms with E-state index in [9.17, 15) is 0 Å². The lowest BCUT2D eigenvalue weighted by Crippen LogP contribution is -2.06. The Morgan fingerprint density at radius 3 is 2.67 bits per heavy atom. The summed E-state index contributed by atoms with van der Waals surface area (Å²) in [5.74, 6) is 0. The van der Waals surface area contributed by atoms with Gasteiger partial charge in [-0.3, -0.25) is 4.98 Å². The Labute approximate surface area is 57.3 Å². The van der Waals surface area contributed by atoms with Crippen molar-refractivity contribution < 1.29 is 0 Å². The van der Waals surface area contributed by atoms with Crippen molar-refractivity contribution in [2.75, 3.05) is 0 Å². The minimum absolute atomic E-state index is 0.521. The topological polar surface area (TPSA) is 12.9 Å². The van der Waals surface area contributed by atoms with Crippen LogP contribution in [0.25, 0.3) is 0 Å². The van der Waals surface area contributed by atoms with Crippen molar-refractivity contribution in [3.8, 4) is 0 Å². The molecule has 0 bridgehead atoms. The third kappa shape index (κ3) is 1.60. The first-order chi connectivity index (χ1) is 4.33. The Hall–Kier alpha value is -0.720. The van der Waals surface area contributed by atoms with E-state index in [-0.39, 0.29) is 0 Å². The molecule has 1 aromatic rings. The van der Waals surface area contributed by atoms with Crippen LogP contribution >= 0.6 is 0 Å². The predicted octanol–water partition coefficient (Wildman–Crippen LogP) is -0.456. The van der Waals surface area contributed by atoms with E-state index >= 15 is 0 Å². The Morgan fingerprint density at radius 2 is 2.22 bits per heavy atom. The van der Waals surface area contributed by atoms with E-state index < -0.39 is 0 Å². The van der Waals surface area contributed by atoms with Crippen molar-refractivity contribution >= 4 is 21.3 Å². The molecule has 0 amide bonds. The number of aromatic nitrogens is 1. The van der Waals surface area contributed by atoms with Gasteiger partial charge in [0.2, 0.25) is 0 Å². The lowest BCUT2D eigenvalue weighted by molar-refractivity contribution is 1.28. The largest absolute Gasteiger partial charge is 0.273 e. The molecule has 0 saturated heterocycles. The van der Waals surface area contributed by atoms with Crippen LogP contribution in [0, 0.1) is 0 Å². The maximum absolute atomic E-state index is 5.33. The second-order valence-electron chi connectivity index (χ2n) is 1.80. The molecule has 0 aliphatic rings. The highest BCUT2D eigenvalue weighted by Gasteiger charge is 1.85. The summed E-state index contributed by atoms with van der Waals surface area (Å²) in [5, 5.41) is 0. The highest BCUT2D eigenvalue weighted by molar-refractivity contribution is 6.30. The lowest BCUT2D eigenvalue weighted by atomic mass is 9.96.